The first-order chi connectivity index (χ1) is 8.41. The molecular formula is C13H18N2O3. The third-order valence-corrected chi connectivity index (χ3v) is 2.68. The molecule has 5 nitrogen and oxygen atoms in total. The summed E-state index contributed by atoms with van der Waals surface area (Å²) in [6, 6.07) is 5.01. The fourth-order valence-electron chi connectivity index (χ4n) is 1.53. The number of aryl methyl sites for hydroxylation is 2. The highest BCUT2D eigenvalue weighted by Gasteiger charge is 2.12. The van der Waals surface area contributed by atoms with Crippen LogP contribution in [0.25, 0.3) is 0 Å². The summed E-state index contributed by atoms with van der Waals surface area (Å²) in [5.74, 6) is -1.23. The number of carboxylic acids is 1. The molecule has 1 atom stereocenters. The molecule has 0 heterocycles. The molecule has 1 unspecified atom stereocenters. The molecule has 0 spiro atoms. The predicted octanol–water partition coefficient (Wildman–Crippen LogP) is 1.30. The van der Waals surface area contributed by atoms with Crippen LogP contribution in [0.1, 0.15) is 18.1 Å². The lowest BCUT2D eigenvalue weighted by Crippen LogP contribution is -2.39. The Morgan fingerprint density at radius 2 is 1.83 bits per heavy atom. The highest BCUT2D eigenvalue weighted by atomic mass is 16.4. The maximum atomic E-state index is 11.7. The largest absolute Gasteiger partial charge is 0.480 e. The van der Waals surface area contributed by atoms with Gasteiger partial charge in [0.15, 0.2) is 0 Å². The van der Waals surface area contributed by atoms with Crippen molar-refractivity contribution >= 4 is 17.6 Å². The molecule has 5 heteroatoms. The van der Waals surface area contributed by atoms with E-state index >= 15 is 0 Å². The second kappa shape index (κ2) is 6.16. The van der Waals surface area contributed by atoms with Crippen molar-refractivity contribution in [1.82, 2.24) is 5.32 Å². The van der Waals surface area contributed by atoms with Gasteiger partial charge in [0, 0.05) is 5.69 Å². The molecule has 1 amide bonds. The van der Waals surface area contributed by atoms with Crippen LogP contribution < -0.4 is 10.6 Å². The van der Waals surface area contributed by atoms with Gasteiger partial charge in [-0.05, 0) is 31.9 Å². The van der Waals surface area contributed by atoms with E-state index in [2.05, 4.69) is 10.6 Å². The molecule has 0 aliphatic carbocycles. The molecule has 1 rings (SSSR count). The van der Waals surface area contributed by atoms with Crippen LogP contribution >= 0.6 is 0 Å². The van der Waals surface area contributed by atoms with Crippen molar-refractivity contribution in [2.45, 2.75) is 26.8 Å². The Labute approximate surface area is 106 Å². The van der Waals surface area contributed by atoms with E-state index in [0.717, 1.165) is 16.8 Å². The summed E-state index contributed by atoms with van der Waals surface area (Å²) >= 11 is 0. The van der Waals surface area contributed by atoms with Crippen molar-refractivity contribution in [3.8, 4) is 0 Å². The van der Waals surface area contributed by atoms with Gasteiger partial charge in [-0.1, -0.05) is 18.2 Å². The van der Waals surface area contributed by atoms with Crippen molar-refractivity contribution in [3.05, 3.63) is 29.3 Å². The lowest BCUT2D eigenvalue weighted by Gasteiger charge is -2.13. The first-order valence-corrected chi connectivity index (χ1v) is 5.74. The van der Waals surface area contributed by atoms with E-state index in [-0.39, 0.29) is 12.5 Å². The molecule has 0 saturated carbocycles. The minimum Gasteiger partial charge on any atom is -0.480 e. The SMILES string of the molecule is Cc1cccc(C)c1NC(=O)CNC(C)C(=O)O. The van der Waals surface area contributed by atoms with Crippen molar-refractivity contribution in [3.63, 3.8) is 0 Å². The summed E-state index contributed by atoms with van der Waals surface area (Å²) in [6.07, 6.45) is 0. The minimum absolute atomic E-state index is 0.0265. The average molecular weight is 250 g/mol. The van der Waals surface area contributed by atoms with Gasteiger partial charge in [0.2, 0.25) is 5.91 Å². The Morgan fingerprint density at radius 1 is 1.28 bits per heavy atom. The van der Waals surface area contributed by atoms with Gasteiger partial charge < -0.3 is 10.4 Å². The number of rotatable bonds is 5. The summed E-state index contributed by atoms with van der Waals surface area (Å²) in [5, 5.41) is 14.1. The van der Waals surface area contributed by atoms with E-state index < -0.39 is 12.0 Å². The lowest BCUT2D eigenvalue weighted by molar-refractivity contribution is -0.139. The number of hydrogen-bond donors (Lipinski definition) is 3. The second-order valence-electron chi connectivity index (χ2n) is 4.26. The number of carbonyl (C=O) groups excluding carboxylic acids is 1. The molecule has 0 radical (unpaired) electrons. The maximum Gasteiger partial charge on any atom is 0.320 e. The zero-order chi connectivity index (χ0) is 13.7. The molecule has 0 aromatic heterocycles. The van der Waals surface area contributed by atoms with Crippen LogP contribution in [-0.2, 0) is 9.59 Å². The van der Waals surface area contributed by atoms with Gasteiger partial charge in [-0.25, -0.2) is 0 Å². The van der Waals surface area contributed by atoms with E-state index in [0.29, 0.717) is 0 Å². The van der Waals surface area contributed by atoms with Crippen molar-refractivity contribution in [1.29, 1.82) is 0 Å². The molecule has 98 valence electrons. The Bertz CT molecular complexity index is 437. The lowest BCUT2D eigenvalue weighted by atomic mass is 10.1. The van der Waals surface area contributed by atoms with Crippen LogP contribution in [-0.4, -0.2) is 29.6 Å². The normalized spacial score (nSPS) is 11.9. The van der Waals surface area contributed by atoms with Crippen LogP contribution in [0.2, 0.25) is 0 Å². The molecule has 0 saturated heterocycles. The smallest absolute Gasteiger partial charge is 0.320 e. The number of para-hydroxylation sites is 1. The fourth-order valence-corrected chi connectivity index (χ4v) is 1.53. The number of benzene rings is 1. The molecule has 0 bridgehead atoms. The van der Waals surface area contributed by atoms with Gasteiger partial charge >= 0.3 is 5.97 Å². The molecule has 1 aromatic carbocycles. The van der Waals surface area contributed by atoms with Crippen LogP contribution in [0.4, 0.5) is 5.69 Å². The number of aliphatic carboxylic acids is 1. The van der Waals surface area contributed by atoms with Crippen LogP contribution in [0.5, 0.6) is 0 Å². The van der Waals surface area contributed by atoms with Gasteiger partial charge in [0.25, 0.3) is 0 Å². The highest BCUT2D eigenvalue weighted by molar-refractivity contribution is 5.94. The third kappa shape index (κ3) is 3.85. The summed E-state index contributed by atoms with van der Waals surface area (Å²) in [5.41, 5.74) is 2.75. The van der Waals surface area contributed by atoms with E-state index in [4.69, 9.17) is 5.11 Å². The monoisotopic (exact) mass is 250 g/mol. The Morgan fingerprint density at radius 3 is 2.33 bits per heavy atom. The summed E-state index contributed by atoms with van der Waals surface area (Å²) in [6.45, 7) is 5.29. The fraction of sp³-hybridized carbons (Fsp3) is 0.385. The number of nitrogens with one attached hydrogen (secondary N) is 2. The van der Waals surface area contributed by atoms with E-state index in [9.17, 15) is 9.59 Å². The summed E-state index contributed by atoms with van der Waals surface area (Å²) in [7, 11) is 0. The summed E-state index contributed by atoms with van der Waals surface area (Å²) in [4.78, 5) is 22.3. The topological polar surface area (TPSA) is 78.4 Å². The van der Waals surface area contributed by atoms with E-state index in [1.54, 1.807) is 0 Å². The number of carbonyl (C=O) groups is 2. The summed E-state index contributed by atoms with van der Waals surface area (Å²) < 4.78 is 0. The Balaban J connectivity index is 2.58. The average Bonchev–Trinajstić information content (AvgIpc) is 2.30. The maximum absolute atomic E-state index is 11.7. The molecule has 1 aromatic rings. The van der Waals surface area contributed by atoms with Gasteiger partial charge in [0.1, 0.15) is 6.04 Å². The minimum atomic E-state index is -0.977. The number of hydrogen-bond acceptors (Lipinski definition) is 3. The van der Waals surface area contributed by atoms with Crippen LogP contribution in [0, 0.1) is 13.8 Å². The van der Waals surface area contributed by atoms with Crippen molar-refractivity contribution in [2.75, 3.05) is 11.9 Å². The number of carboxylic acid groups (broad SMARTS) is 1. The van der Waals surface area contributed by atoms with E-state index in [1.165, 1.54) is 6.92 Å². The quantitative estimate of drug-likeness (QED) is 0.736. The molecule has 0 aliphatic heterocycles. The van der Waals surface area contributed by atoms with E-state index in [1.807, 2.05) is 32.0 Å². The highest BCUT2D eigenvalue weighted by Crippen LogP contribution is 2.18. The van der Waals surface area contributed by atoms with Gasteiger partial charge in [0.05, 0.1) is 6.54 Å². The van der Waals surface area contributed by atoms with Gasteiger partial charge in [-0.2, -0.15) is 0 Å². The molecular weight excluding hydrogens is 232 g/mol. The number of amides is 1. The predicted molar refractivity (Wildman–Crippen MR) is 69.6 cm³/mol. The van der Waals surface area contributed by atoms with Crippen molar-refractivity contribution in [2.24, 2.45) is 0 Å². The van der Waals surface area contributed by atoms with Gasteiger partial charge in [-0.3, -0.25) is 14.9 Å². The first kappa shape index (κ1) is 14.2. The molecule has 3 N–H and O–H groups in total. The molecule has 0 fully saturated rings. The molecule has 18 heavy (non-hydrogen) atoms. The van der Waals surface area contributed by atoms with Gasteiger partial charge in [-0.15, -0.1) is 0 Å². The van der Waals surface area contributed by atoms with Crippen LogP contribution in [0.15, 0.2) is 18.2 Å². The van der Waals surface area contributed by atoms with Crippen LogP contribution in [0.3, 0.4) is 0 Å². The first-order valence-electron chi connectivity index (χ1n) is 5.74. The Kier molecular flexibility index (Phi) is 4.85. The zero-order valence-electron chi connectivity index (χ0n) is 10.8. The Hall–Kier alpha value is -1.88. The number of anilines is 1. The molecule has 0 aliphatic rings. The van der Waals surface area contributed by atoms with Crippen molar-refractivity contribution < 1.29 is 14.7 Å². The third-order valence-electron chi connectivity index (χ3n) is 2.68. The second-order valence-corrected chi connectivity index (χ2v) is 4.26. The standard InChI is InChI=1S/C13H18N2O3/c1-8-5-4-6-9(2)12(8)15-11(16)7-14-10(3)13(17)18/h4-6,10,14H,7H2,1-3H3,(H,15,16)(H,17,18). The zero-order valence-corrected chi connectivity index (χ0v) is 10.8.